The molecule has 1 aliphatic heterocycles. The number of benzene rings is 3. The average molecular weight is 469 g/mol. The van der Waals surface area contributed by atoms with Crippen LogP contribution in [0.25, 0.3) is 0 Å². The van der Waals surface area contributed by atoms with Gasteiger partial charge in [0.1, 0.15) is 5.82 Å². The molecule has 0 spiro atoms. The lowest BCUT2D eigenvalue weighted by Gasteiger charge is -2.24. The molecule has 7 nitrogen and oxygen atoms in total. The van der Waals surface area contributed by atoms with Crippen LogP contribution in [0.2, 0.25) is 0 Å². The monoisotopic (exact) mass is 468 g/mol. The molecule has 1 N–H and O–H groups in total. The van der Waals surface area contributed by atoms with E-state index in [0.29, 0.717) is 28.9 Å². The number of amides is 1. The smallest absolute Gasteiger partial charge is 0.339 e. The Hall–Kier alpha value is -3.72. The molecule has 0 saturated carbocycles. The molecule has 9 heteroatoms. The number of nitrogens with one attached hydrogen (secondary N) is 1. The van der Waals surface area contributed by atoms with Crippen LogP contribution in [0.3, 0.4) is 0 Å². The van der Waals surface area contributed by atoms with E-state index in [1.54, 1.807) is 43.3 Å². The van der Waals surface area contributed by atoms with Crippen molar-refractivity contribution in [3.05, 3.63) is 89.2 Å². The van der Waals surface area contributed by atoms with E-state index in [1.165, 1.54) is 29.6 Å². The molecule has 1 aliphatic rings. The standard InChI is InChI=1S/C24H21FN2O5S/c1-15-13-17-14-16(23(28)26-21-6-4-3-5-20(21)24(29)32-2)7-12-22(17)27(15)33(30,31)19-10-8-18(25)9-11-19/h3-12,14-15H,13H2,1-2H3,(H,26,28)/t15-/m0/s1. The van der Waals surface area contributed by atoms with Gasteiger partial charge >= 0.3 is 5.97 Å². The van der Waals surface area contributed by atoms with E-state index < -0.39 is 27.7 Å². The Bertz CT molecular complexity index is 1340. The highest BCUT2D eigenvalue weighted by Gasteiger charge is 2.36. The van der Waals surface area contributed by atoms with E-state index in [0.717, 1.165) is 12.1 Å². The van der Waals surface area contributed by atoms with Crippen LogP contribution in [0.5, 0.6) is 0 Å². The first-order valence-corrected chi connectivity index (χ1v) is 11.6. The van der Waals surface area contributed by atoms with Crippen molar-refractivity contribution in [2.24, 2.45) is 0 Å². The second-order valence-electron chi connectivity index (χ2n) is 7.64. The van der Waals surface area contributed by atoms with Gasteiger partial charge in [-0.1, -0.05) is 12.1 Å². The number of carbonyl (C=O) groups is 2. The Labute approximate surface area is 190 Å². The number of esters is 1. The number of hydrogen-bond acceptors (Lipinski definition) is 5. The molecule has 0 aliphatic carbocycles. The number of carbonyl (C=O) groups excluding carboxylic acids is 2. The predicted molar refractivity (Wildman–Crippen MR) is 121 cm³/mol. The van der Waals surface area contributed by atoms with Crippen LogP contribution in [0.1, 0.15) is 33.2 Å². The quantitative estimate of drug-likeness (QED) is 0.572. The summed E-state index contributed by atoms with van der Waals surface area (Å²) >= 11 is 0. The van der Waals surface area contributed by atoms with Crippen LogP contribution in [0, 0.1) is 5.82 Å². The lowest BCUT2D eigenvalue weighted by atomic mass is 10.1. The molecule has 3 aromatic carbocycles. The summed E-state index contributed by atoms with van der Waals surface area (Å²) in [5.74, 6) is -1.54. The van der Waals surface area contributed by atoms with Crippen LogP contribution >= 0.6 is 0 Å². The van der Waals surface area contributed by atoms with Crippen molar-refractivity contribution in [3.8, 4) is 0 Å². The number of ether oxygens (including phenoxy) is 1. The molecule has 0 saturated heterocycles. The van der Waals surface area contributed by atoms with E-state index in [4.69, 9.17) is 4.74 Å². The first-order chi connectivity index (χ1) is 15.7. The fraction of sp³-hybridized carbons (Fsp3) is 0.167. The fourth-order valence-electron chi connectivity index (χ4n) is 3.90. The van der Waals surface area contributed by atoms with Crippen LogP contribution in [-0.4, -0.2) is 33.4 Å². The molecule has 0 aromatic heterocycles. The summed E-state index contributed by atoms with van der Waals surface area (Å²) in [5.41, 5.74) is 2.02. The minimum Gasteiger partial charge on any atom is -0.465 e. The van der Waals surface area contributed by atoms with Crippen LogP contribution in [0.4, 0.5) is 15.8 Å². The predicted octanol–water partition coefficient (Wildman–Crippen LogP) is 4.00. The van der Waals surface area contributed by atoms with E-state index in [-0.39, 0.29) is 16.5 Å². The molecule has 4 rings (SSSR count). The summed E-state index contributed by atoms with van der Waals surface area (Å²) in [6, 6.07) is 15.5. The lowest BCUT2D eigenvalue weighted by molar-refractivity contribution is 0.0602. The van der Waals surface area contributed by atoms with Gasteiger partial charge in [-0.25, -0.2) is 17.6 Å². The summed E-state index contributed by atoms with van der Waals surface area (Å²) in [7, 11) is -2.64. The van der Waals surface area contributed by atoms with Crippen LogP contribution < -0.4 is 9.62 Å². The third kappa shape index (κ3) is 4.19. The van der Waals surface area contributed by atoms with E-state index in [2.05, 4.69) is 5.32 Å². The van der Waals surface area contributed by atoms with Gasteiger partial charge in [-0.2, -0.15) is 0 Å². The molecule has 1 amide bonds. The molecule has 1 atom stereocenters. The Morgan fingerprint density at radius 1 is 1.06 bits per heavy atom. The summed E-state index contributed by atoms with van der Waals surface area (Å²) in [6.07, 6.45) is 0.412. The second-order valence-corrected chi connectivity index (χ2v) is 9.46. The van der Waals surface area contributed by atoms with Crippen molar-refractivity contribution < 1.29 is 27.1 Å². The molecular formula is C24H21FN2O5S. The van der Waals surface area contributed by atoms with Crippen molar-refractivity contribution in [3.63, 3.8) is 0 Å². The zero-order valence-corrected chi connectivity index (χ0v) is 18.7. The van der Waals surface area contributed by atoms with Gasteiger partial charge in [-0.3, -0.25) is 9.10 Å². The van der Waals surface area contributed by atoms with Gasteiger partial charge in [0, 0.05) is 11.6 Å². The van der Waals surface area contributed by atoms with Crippen LogP contribution in [-0.2, 0) is 21.2 Å². The normalized spacial score (nSPS) is 15.1. The Balaban J connectivity index is 1.63. The number of para-hydroxylation sites is 1. The molecule has 0 bridgehead atoms. The number of sulfonamides is 1. The highest BCUT2D eigenvalue weighted by atomic mass is 32.2. The van der Waals surface area contributed by atoms with Crippen LogP contribution in [0.15, 0.2) is 71.6 Å². The van der Waals surface area contributed by atoms with E-state index >= 15 is 0 Å². The van der Waals surface area contributed by atoms with Crippen molar-refractivity contribution in [1.82, 2.24) is 0 Å². The van der Waals surface area contributed by atoms with E-state index in [1.807, 2.05) is 0 Å². The minimum absolute atomic E-state index is 0.00941. The Kier molecular flexibility index (Phi) is 5.90. The third-order valence-corrected chi connectivity index (χ3v) is 7.39. The van der Waals surface area contributed by atoms with Crippen molar-refractivity contribution in [2.75, 3.05) is 16.7 Å². The van der Waals surface area contributed by atoms with Gasteiger partial charge < -0.3 is 10.1 Å². The molecule has 0 radical (unpaired) electrons. The third-order valence-electron chi connectivity index (χ3n) is 5.45. The molecule has 170 valence electrons. The summed E-state index contributed by atoms with van der Waals surface area (Å²) in [6.45, 7) is 1.77. The van der Waals surface area contributed by atoms with Gasteiger partial charge in [0.25, 0.3) is 15.9 Å². The lowest BCUT2D eigenvalue weighted by Crippen LogP contribution is -2.35. The molecule has 1 heterocycles. The summed E-state index contributed by atoms with van der Waals surface area (Å²) in [5, 5.41) is 2.71. The first kappa shape index (κ1) is 22.5. The highest BCUT2D eigenvalue weighted by Crippen LogP contribution is 2.37. The second kappa shape index (κ2) is 8.67. The van der Waals surface area contributed by atoms with Gasteiger partial charge in [0.2, 0.25) is 0 Å². The highest BCUT2D eigenvalue weighted by molar-refractivity contribution is 7.92. The number of methoxy groups -OCH3 is 1. The molecule has 33 heavy (non-hydrogen) atoms. The number of halogens is 1. The first-order valence-electron chi connectivity index (χ1n) is 10.1. The van der Waals surface area contributed by atoms with Gasteiger partial charge in [0.05, 0.1) is 28.9 Å². The maximum absolute atomic E-state index is 13.3. The zero-order chi connectivity index (χ0) is 23.8. The van der Waals surface area contributed by atoms with Gasteiger partial charge in [-0.05, 0) is 73.5 Å². The van der Waals surface area contributed by atoms with Crippen molar-refractivity contribution >= 4 is 33.3 Å². The van der Waals surface area contributed by atoms with Crippen molar-refractivity contribution in [2.45, 2.75) is 24.3 Å². The van der Waals surface area contributed by atoms with Crippen molar-refractivity contribution in [1.29, 1.82) is 0 Å². The van der Waals surface area contributed by atoms with Gasteiger partial charge in [0.15, 0.2) is 0 Å². The average Bonchev–Trinajstić information content (AvgIpc) is 3.14. The fourth-order valence-corrected chi connectivity index (χ4v) is 5.60. The van der Waals surface area contributed by atoms with Gasteiger partial charge in [-0.15, -0.1) is 0 Å². The molecule has 0 fully saturated rings. The summed E-state index contributed by atoms with van der Waals surface area (Å²) in [4.78, 5) is 24.8. The molecule has 3 aromatic rings. The number of rotatable bonds is 5. The van der Waals surface area contributed by atoms with E-state index in [9.17, 15) is 22.4 Å². The zero-order valence-electron chi connectivity index (χ0n) is 17.9. The number of nitrogens with zero attached hydrogens (tertiary/aromatic N) is 1. The summed E-state index contributed by atoms with van der Waals surface area (Å²) < 4.78 is 45.7. The largest absolute Gasteiger partial charge is 0.465 e. The molecule has 0 unspecified atom stereocenters. The Morgan fingerprint density at radius 2 is 1.76 bits per heavy atom. The topological polar surface area (TPSA) is 92.8 Å². The maximum Gasteiger partial charge on any atom is 0.339 e. The minimum atomic E-state index is -3.90. The number of anilines is 2. The Morgan fingerprint density at radius 3 is 2.45 bits per heavy atom. The SMILES string of the molecule is COC(=O)c1ccccc1NC(=O)c1ccc2c(c1)C[C@H](C)N2S(=O)(=O)c1ccc(F)cc1. The maximum atomic E-state index is 13.3. The molecular weight excluding hydrogens is 447 g/mol. The number of fused-ring (bicyclic) bond motifs is 1. The number of hydrogen-bond donors (Lipinski definition) is 1.